The Labute approximate surface area is 127 Å². The van der Waals surface area contributed by atoms with Gasteiger partial charge in [-0.3, -0.25) is 9.69 Å². The molecule has 21 heavy (non-hydrogen) atoms. The normalized spacial score (nSPS) is 27.5. The minimum Gasteiger partial charge on any atom is -0.465 e. The molecule has 0 unspecified atom stereocenters. The molecule has 0 saturated carbocycles. The molecule has 1 amide bonds. The second kappa shape index (κ2) is 5.84. The molecule has 2 saturated heterocycles. The maximum absolute atomic E-state index is 12.1. The highest BCUT2D eigenvalue weighted by Gasteiger charge is 2.44. The van der Waals surface area contributed by atoms with Gasteiger partial charge >= 0.3 is 0 Å². The van der Waals surface area contributed by atoms with Crippen molar-refractivity contribution in [3.05, 3.63) is 23.7 Å². The van der Waals surface area contributed by atoms with Crippen molar-refractivity contribution in [2.24, 2.45) is 0 Å². The number of amides is 1. The zero-order chi connectivity index (χ0) is 14.9. The van der Waals surface area contributed by atoms with Gasteiger partial charge in [0.1, 0.15) is 11.5 Å². The van der Waals surface area contributed by atoms with Crippen LogP contribution in [0.25, 0.3) is 0 Å². The van der Waals surface area contributed by atoms with E-state index in [-0.39, 0.29) is 5.54 Å². The topological polar surface area (TPSA) is 36.7 Å². The molecule has 0 radical (unpaired) electrons. The molecule has 1 aromatic rings. The van der Waals surface area contributed by atoms with Crippen LogP contribution in [0.15, 0.2) is 16.5 Å². The first kappa shape index (κ1) is 14.6. The molecular weight excluding hydrogens is 264 g/mol. The Balaban J connectivity index is 1.65. The fraction of sp³-hybridized carbons (Fsp3) is 0.706. The average molecular weight is 290 g/mol. The lowest BCUT2D eigenvalue weighted by Crippen LogP contribution is -2.46. The lowest BCUT2D eigenvalue weighted by Gasteiger charge is -2.37. The predicted octanol–water partition coefficient (Wildman–Crippen LogP) is 2.96. The van der Waals surface area contributed by atoms with E-state index in [2.05, 4.69) is 22.8 Å². The van der Waals surface area contributed by atoms with Gasteiger partial charge in [-0.05, 0) is 58.2 Å². The van der Waals surface area contributed by atoms with E-state index in [1.807, 2.05) is 13.0 Å². The van der Waals surface area contributed by atoms with E-state index >= 15 is 0 Å². The number of likely N-dealkylation sites (tertiary alicyclic amines) is 2. The molecule has 2 fully saturated rings. The summed E-state index contributed by atoms with van der Waals surface area (Å²) in [5.41, 5.74) is 0.139. The number of carbonyl (C=O) groups excluding carboxylic acids is 1. The van der Waals surface area contributed by atoms with Crippen LogP contribution in [-0.4, -0.2) is 40.9 Å². The summed E-state index contributed by atoms with van der Waals surface area (Å²) in [5.74, 6) is 2.39. The zero-order valence-corrected chi connectivity index (χ0v) is 13.2. The van der Waals surface area contributed by atoms with Crippen LogP contribution < -0.4 is 0 Å². The quantitative estimate of drug-likeness (QED) is 0.859. The highest BCUT2D eigenvalue weighted by atomic mass is 16.3. The van der Waals surface area contributed by atoms with E-state index in [0.717, 1.165) is 63.4 Å². The summed E-state index contributed by atoms with van der Waals surface area (Å²) >= 11 is 0. The van der Waals surface area contributed by atoms with Gasteiger partial charge in [0.25, 0.3) is 0 Å². The van der Waals surface area contributed by atoms with Gasteiger partial charge in [0.2, 0.25) is 5.91 Å². The number of furan rings is 1. The molecule has 1 atom stereocenters. The summed E-state index contributed by atoms with van der Waals surface area (Å²) in [4.78, 5) is 16.7. The number of rotatable bonds is 3. The zero-order valence-electron chi connectivity index (χ0n) is 13.2. The van der Waals surface area contributed by atoms with Crippen molar-refractivity contribution in [3.8, 4) is 0 Å². The largest absolute Gasteiger partial charge is 0.465 e. The summed E-state index contributed by atoms with van der Waals surface area (Å²) in [6.45, 7) is 8.01. The molecule has 4 heteroatoms. The number of carbonyl (C=O) groups is 1. The van der Waals surface area contributed by atoms with Gasteiger partial charge in [-0.1, -0.05) is 0 Å². The standard InChI is InChI=1S/C17H26N2O2/c1-3-19-16(20)7-9-17(19)8-4-11-18(12-10-17)13-15-6-5-14(2)21-15/h5-6H,3-4,7-13H2,1-2H3/t17-/m0/s1. The van der Waals surface area contributed by atoms with Gasteiger partial charge in [0.15, 0.2) is 0 Å². The molecule has 0 aromatic carbocycles. The van der Waals surface area contributed by atoms with Crippen LogP contribution in [0.5, 0.6) is 0 Å². The molecule has 1 aromatic heterocycles. The summed E-state index contributed by atoms with van der Waals surface area (Å²) < 4.78 is 5.70. The Morgan fingerprint density at radius 3 is 2.81 bits per heavy atom. The maximum Gasteiger partial charge on any atom is 0.223 e. The minimum absolute atomic E-state index is 0.139. The Bertz CT molecular complexity index is 511. The van der Waals surface area contributed by atoms with Gasteiger partial charge in [-0.2, -0.15) is 0 Å². The minimum atomic E-state index is 0.139. The fourth-order valence-corrected chi connectivity index (χ4v) is 4.09. The van der Waals surface area contributed by atoms with E-state index in [0.29, 0.717) is 5.91 Å². The van der Waals surface area contributed by atoms with Crippen molar-refractivity contribution in [3.63, 3.8) is 0 Å². The maximum atomic E-state index is 12.1. The number of hydrogen-bond acceptors (Lipinski definition) is 3. The average Bonchev–Trinajstić information content (AvgIpc) is 2.92. The smallest absolute Gasteiger partial charge is 0.223 e. The third-order valence-corrected chi connectivity index (χ3v) is 5.18. The summed E-state index contributed by atoms with van der Waals surface area (Å²) in [6.07, 6.45) is 5.22. The van der Waals surface area contributed by atoms with E-state index in [1.165, 1.54) is 6.42 Å². The fourth-order valence-electron chi connectivity index (χ4n) is 4.09. The van der Waals surface area contributed by atoms with Crippen molar-refractivity contribution >= 4 is 5.91 Å². The highest BCUT2D eigenvalue weighted by molar-refractivity contribution is 5.79. The summed E-state index contributed by atoms with van der Waals surface area (Å²) in [7, 11) is 0. The number of nitrogens with zero attached hydrogens (tertiary/aromatic N) is 2. The second-order valence-corrected chi connectivity index (χ2v) is 6.50. The Kier molecular flexibility index (Phi) is 4.07. The molecule has 2 aliphatic heterocycles. The number of hydrogen-bond donors (Lipinski definition) is 0. The molecule has 3 heterocycles. The molecule has 0 aliphatic carbocycles. The first-order valence-electron chi connectivity index (χ1n) is 8.21. The van der Waals surface area contributed by atoms with Crippen molar-refractivity contribution in [2.75, 3.05) is 19.6 Å². The lowest BCUT2D eigenvalue weighted by molar-refractivity contribution is -0.131. The van der Waals surface area contributed by atoms with Crippen molar-refractivity contribution in [2.45, 2.75) is 58.0 Å². The van der Waals surface area contributed by atoms with E-state index in [9.17, 15) is 4.79 Å². The first-order chi connectivity index (χ1) is 10.1. The van der Waals surface area contributed by atoms with Crippen LogP contribution in [0, 0.1) is 6.92 Å². The Hall–Kier alpha value is -1.29. The van der Waals surface area contributed by atoms with Gasteiger partial charge in [0.05, 0.1) is 6.54 Å². The van der Waals surface area contributed by atoms with E-state index < -0.39 is 0 Å². The third-order valence-electron chi connectivity index (χ3n) is 5.18. The van der Waals surface area contributed by atoms with E-state index in [1.54, 1.807) is 0 Å². The Morgan fingerprint density at radius 2 is 2.10 bits per heavy atom. The van der Waals surface area contributed by atoms with Gasteiger partial charge in [-0.25, -0.2) is 0 Å². The van der Waals surface area contributed by atoms with Gasteiger partial charge in [0, 0.05) is 25.0 Å². The van der Waals surface area contributed by atoms with Gasteiger partial charge < -0.3 is 9.32 Å². The second-order valence-electron chi connectivity index (χ2n) is 6.50. The molecule has 3 rings (SSSR count). The predicted molar refractivity (Wildman–Crippen MR) is 81.9 cm³/mol. The highest BCUT2D eigenvalue weighted by Crippen LogP contribution is 2.39. The molecule has 0 bridgehead atoms. The molecule has 4 nitrogen and oxygen atoms in total. The molecule has 116 valence electrons. The van der Waals surface area contributed by atoms with Gasteiger partial charge in [-0.15, -0.1) is 0 Å². The van der Waals surface area contributed by atoms with Crippen molar-refractivity contribution < 1.29 is 9.21 Å². The summed E-state index contributed by atoms with van der Waals surface area (Å²) in [6, 6.07) is 4.11. The van der Waals surface area contributed by atoms with Crippen LogP contribution in [0.3, 0.4) is 0 Å². The third kappa shape index (κ3) is 2.86. The Morgan fingerprint density at radius 1 is 1.24 bits per heavy atom. The first-order valence-corrected chi connectivity index (χ1v) is 8.21. The summed E-state index contributed by atoms with van der Waals surface area (Å²) in [5, 5.41) is 0. The molecule has 1 spiro atoms. The lowest BCUT2D eigenvalue weighted by atomic mass is 9.88. The molecular formula is C17H26N2O2. The SMILES string of the molecule is CCN1C(=O)CC[C@]12CCCN(Cc1ccc(C)o1)CC2. The van der Waals surface area contributed by atoms with Crippen LogP contribution in [-0.2, 0) is 11.3 Å². The van der Waals surface area contributed by atoms with Crippen LogP contribution in [0.4, 0.5) is 0 Å². The molecule has 2 aliphatic rings. The van der Waals surface area contributed by atoms with Crippen LogP contribution >= 0.6 is 0 Å². The van der Waals surface area contributed by atoms with Crippen molar-refractivity contribution in [1.29, 1.82) is 0 Å². The molecule has 0 N–H and O–H groups in total. The monoisotopic (exact) mass is 290 g/mol. The van der Waals surface area contributed by atoms with Crippen LogP contribution in [0.1, 0.15) is 50.5 Å². The van der Waals surface area contributed by atoms with E-state index in [4.69, 9.17) is 4.42 Å². The van der Waals surface area contributed by atoms with Crippen LogP contribution in [0.2, 0.25) is 0 Å². The number of aryl methyl sites for hydroxylation is 1. The van der Waals surface area contributed by atoms with Crippen molar-refractivity contribution in [1.82, 2.24) is 9.80 Å².